The Hall–Kier alpha value is -1.43. The fraction of sp³-hybridized carbons (Fsp3) is 0.545. The molecule has 14 heavy (non-hydrogen) atoms. The van der Waals surface area contributed by atoms with Gasteiger partial charge in [-0.1, -0.05) is 11.8 Å². The third kappa shape index (κ3) is 2.81. The maximum atomic E-state index is 11.4. The van der Waals surface area contributed by atoms with E-state index >= 15 is 0 Å². The molecule has 3 heteroatoms. The van der Waals surface area contributed by atoms with Gasteiger partial charge < -0.3 is 4.57 Å². The van der Waals surface area contributed by atoms with Gasteiger partial charge in [0.2, 0.25) is 0 Å². The maximum absolute atomic E-state index is 11.4. The molecule has 0 spiro atoms. The van der Waals surface area contributed by atoms with Crippen molar-refractivity contribution in [2.75, 3.05) is 0 Å². The van der Waals surface area contributed by atoms with Crippen molar-refractivity contribution in [3.63, 3.8) is 0 Å². The van der Waals surface area contributed by atoms with Gasteiger partial charge in [0.1, 0.15) is 0 Å². The lowest BCUT2D eigenvalue weighted by molar-refractivity contribution is 0.569. The van der Waals surface area contributed by atoms with E-state index in [-0.39, 0.29) is 11.1 Å². The molecule has 0 amide bonds. The number of aromatic nitrogens is 2. The summed E-state index contributed by atoms with van der Waals surface area (Å²) in [4.78, 5) is 11.4. The van der Waals surface area contributed by atoms with Crippen LogP contribution in [0.5, 0.6) is 0 Å². The molecule has 0 atom stereocenters. The quantitative estimate of drug-likeness (QED) is 0.615. The molecule has 0 radical (unpaired) electrons. The zero-order chi connectivity index (χ0) is 10.8. The topological polar surface area (TPSA) is 26.9 Å². The van der Waals surface area contributed by atoms with Crippen LogP contribution in [0.15, 0.2) is 17.2 Å². The Labute approximate surface area is 84.4 Å². The molecule has 0 aliphatic heterocycles. The zero-order valence-electron chi connectivity index (χ0n) is 9.16. The van der Waals surface area contributed by atoms with Crippen molar-refractivity contribution < 1.29 is 0 Å². The summed E-state index contributed by atoms with van der Waals surface area (Å²) in [6.45, 7) is 6.62. The first-order valence-electron chi connectivity index (χ1n) is 4.62. The molecule has 1 aromatic heterocycles. The van der Waals surface area contributed by atoms with E-state index in [2.05, 4.69) is 11.8 Å². The molecule has 76 valence electrons. The summed E-state index contributed by atoms with van der Waals surface area (Å²) < 4.78 is 3.14. The molecule has 0 aromatic carbocycles. The van der Waals surface area contributed by atoms with E-state index in [0.29, 0.717) is 6.54 Å². The highest BCUT2D eigenvalue weighted by Crippen LogP contribution is 2.09. The summed E-state index contributed by atoms with van der Waals surface area (Å²) in [6.07, 6.45) is 3.49. The lowest BCUT2D eigenvalue weighted by Gasteiger charge is -2.06. The molecule has 0 aliphatic carbocycles. The largest absolute Gasteiger partial charge is 0.328 e. The lowest BCUT2D eigenvalue weighted by atomic mass is 9.98. The molecule has 1 rings (SSSR count). The van der Waals surface area contributed by atoms with E-state index in [1.165, 1.54) is 0 Å². The first-order valence-corrected chi connectivity index (χ1v) is 4.62. The molecule has 0 aliphatic rings. The highest BCUT2D eigenvalue weighted by atomic mass is 16.1. The normalized spacial score (nSPS) is 10.9. The van der Waals surface area contributed by atoms with E-state index in [1.54, 1.807) is 28.6 Å². The Morgan fingerprint density at radius 1 is 1.36 bits per heavy atom. The minimum Gasteiger partial charge on any atom is -0.302 e. The van der Waals surface area contributed by atoms with Crippen LogP contribution >= 0.6 is 0 Å². The van der Waals surface area contributed by atoms with Crippen LogP contribution in [0, 0.1) is 17.3 Å². The summed E-state index contributed by atoms with van der Waals surface area (Å²) in [5, 5.41) is 0. The number of nitrogens with zero attached hydrogens (tertiary/aromatic N) is 2. The van der Waals surface area contributed by atoms with Crippen molar-refractivity contribution in [3.05, 3.63) is 22.9 Å². The molecule has 0 saturated heterocycles. The van der Waals surface area contributed by atoms with Gasteiger partial charge in [-0.15, -0.1) is 0 Å². The van der Waals surface area contributed by atoms with Crippen LogP contribution in [0.25, 0.3) is 0 Å². The summed E-state index contributed by atoms with van der Waals surface area (Å²) in [6, 6.07) is 0. The number of imidazole rings is 1. The highest BCUT2D eigenvalue weighted by molar-refractivity contribution is 5.07. The Kier molecular flexibility index (Phi) is 2.85. The van der Waals surface area contributed by atoms with Crippen LogP contribution in [0.2, 0.25) is 0 Å². The van der Waals surface area contributed by atoms with Gasteiger partial charge in [0.05, 0.1) is 6.54 Å². The number of aryl methyl sites for hydroxylation is 1. The standard InChI is InChI=1S/C11H16N2O/c1-11(2,3)6-5-7-13-9-8-12(4)10(13)14/h8-9H,7H2,1-4H3. The number of rotatable bonds is 1. The minimum absolute atomic E-state index is 0.00160. The summed E-state index contributed by atoms with van der Waals surface area (Å²) in [5.41, 5.74) is -0.0218. The van der Waals surface area contributed by atoms with Crippen molar-refractivity contribution in [2.45, 2.75) is 27.3 Å². The fourth-order valence-corrected chi connectivity index (χ4v) is 1.02. The van der Waals surface area contributed by atoms with Gasteiger partial charge in [-0.3, -0.25) is 4.57 Å². The van der Waals surface area contributed by atoms with Crippen LogP contribution in [0.1, 0.15) is 20.8 Å². The Morgan fingerprint density at radius 2 is 2.00 bits per heavy atom. The van der Waals surface area contributed by atoms with E-state index in [9.17, 15) is 4.79 Å². The van der Waals surface area contributed by atoms with E-state index in [4.69, 9.17) is 0 Å². The Morgan fingerprint density at radius 3 is 2.43 bits per heavy atom. The summed E-state index contributed by atoms with van der Waals surface area (Å²) in [5.74, 6) is 6.08. The Bertz CT molecular complexity index is 421. The predicted octanol–water partition coefficient (Wildman–Crippen LogP) is 1.24. The third-order valence-corrected chi connectivity index (χ3v) is 1.73. The van der Waals surface area contributed by atoms with E-state index < -0.39 is 0 Å². The fourth-order valence-electron chi connectivity index (χ4n) is 1.02. The average Bonchev–Trinajstić information content (AvgIpc) is 2.33. The maximum Gasteiger partial charge on any atom is 0.328 e. The van der Waals surface area contributed by atoms with E-state index in [1.807, 2.05) is 20.8 Å². The van der Waals surface area contributed by atoms with Gasteiger partial charge in [0.25, 0.3) is 0 Å². The molecule has 0 unspecified atom stereocenters. The van der Waals surface area contributed by atoms with Crippen LogP contribution in [-0.2, 0) is 13.6 Å². The third-order valence-electron chi connectivity index (χ3n) is 1.73. The van der Waals surface area contributed by atoms with E-state index in [0.717, 1.165) is 0 Å². The predicted molar refractivity (Wildman–Crippen MR) is 56.9 cm³/mol. The molecule has 1 heterocycles. The van der Waals surface area contributed by atoms with Gasteiger partial charge in [-0.25, -0.2) is 4.79 Å². The van der Waals surface area contributed by atoms with Crippen molar-refractivity contribution in [2.24, 2.45) is 12.5 Å². The van der Waals surface area contributed by atoms with Gasteiger partial charge in [-0.2, -0.15) is 0 Å². The summed E-state index contributed by atoms with van der Waals surface area (Å²) in [7, 11) is 1.73. The van der Waals surface area contributed by atoms with Crippen molar-refractivity contribution in [1.82, 2.24) is 9.13 Å². The molecule has 0 fully saturated rings. The van der Waals surface area contributed by atoms with Crippen molar-refractivity contribution in [3.8, 4) is 11.8 Å². The van der Waals surface area contributed by atoms with Gasteiger partial charge in [-0.05, 0) is 20.8 Å². The second-order valence-electron chi connectivity index (χ2n) is 4.37. The SMILES string of the molecule is Cn1ccn(CC#CC(C)(C)C)c1=O. The van der Waals surface area contributed by atoms with Crippen molar-refractivity contribution in [1.29, 1.82) is 0 Å². The smallest absolute Gasteiger partial charge is 0.302 e. The molecular formula is C11H16N2O. The van der Waals surface area contributed by atoms with Crippen LogP contribution < -0.4 is 5.69 Å². The lowest BCUT2D eigenvalue weighted by Crippen LogP contribution is -2.21. The first-order chi connectivity index (χ1) is 6.40. The van der Waals surface area contributed by atoms with Crippen LogP contribution in [0.4, 0.5) is 0 Å². The molecular weight excluding hydrogens is 176 g/mol. The molecule has 0 N–H and O–H groups in total. The molecule has 1 aromatic rings. The van der Waals surface area contributed by atoms with Crippen LogP contribution in [0.3, 0.4) is 0 Å². The van der Waals surface area contributed by atoms with Gasteiger partial charge in [0, 0.05) is 24.9 Å². The van der Waals surface area contributed by atoms with Crippen LogP contribution in [-0.4, -0.2) is 9.13 Å². The average molecular weight is 192 g/mol. The minimum atomic E-state index is -0.0202. The number of hydrogen-bond acceptors (Lipinski definition) is 1. The first kappa shape index (κ1) is 10.6. The van der Waals surface area contributed by atoms with Gasteiger partial charge >= 0.3 is 5.69 Å². The Balaban J connectivity index is 2.75. The summed E-state index contributed by atoms with van der Waals surface area (Å²) >= 11 is 0. The second kappa shape index (κ2) is 3.75. The molecule has 0 bridgehead atoms. The monoisotopic (exact) mass is 192 g/mol. The van der Waals surface area contributed by atoms with Crippen molar-refractivity contribution >= 4 is 0 Å². The molecule has 3 nitrogen and oxygen atoms in total. The van der Waals surface area contributed by atoms with Gasteiger partial charge in [0.15, 0.2) is 0 Å². The zero-order valence-corrected chi connectivity index (χ0v) is 9.16. The number of hydrogen-bond donors (Lipinski definition) is 0. The highest BCUT2D eigenvalue weighted by Gasteiger charge is 2.03. The molecule has 0 saturated carbocycles. The second-order valence-corrected chi connectivity index (χ2v) is 4.37.